The maximum atomic E-state index is 13.1. The molecule has 1 aromatic carbocycles. The van der Waals surface area contributed by atoms with Crippen LogP contribution in [0.5, 0.6) is 5.75 Å². The van der Waals surface area contributed by atoms with Crippen LogP contribution < -0.4 is 9.46 Å². The van der Waals surface area contributed by atoms with Gasteiger partial charge in [0.15, 0.2) is 0 Å². The minimum Gasteiger partial charge on any atom is -0.492 e. The quantitative estimate of drug-likeness (QED) is 0.500. The Morgan fingerprint density at radius 1 is 1.18 bits per heavy atom. The third kappa shape index (κ3) is 5.59. The van der Waals surface area contributed by atoms with Gasteiger partial charge in [-0.1, -0.05) is 19.1 Å². The van der Waals surface area contributed by atoms with E-state index in [0.29, 0.717) is 25.9 Å². The molecule has 2 aromatic rings. The Kier molecular flexibility index (Phi) is 7.56. The summed E-state index contributed by atoms with van der Waals surface area (Å²) in [5.41, 5.74) is 0.977. The fraction of sp³-hybridized carbons (Fsp3) is 0.542. The fourth-order valence-corrected chi connectivity index (χ4v) is 6.19. The Morgan fingerprint density at radius 2 is 1.94 bits per heavy atom. The van der Waals surface area contributed by atoms with Crippen molar-refractivity contribution >= 4 is 10.0 Å². The van der Waals surface area contributed by atoms with Crippen molar-refractivity contribution in [3.05, 3.63) is 42.7 Å². The lowest BCUT2D eigenvalue weighted by atomic mass is 9.85. The highest BCUT2D eigenvalue weighted by molar-refractivity contribution is 7.89. The smallest absolute Gasteiger partial charge is 0.244 e. The number of ether oxygens (including phenoxy) is 1. The number of β-amino-alcohol motifs (C(OH)–C–C–N with tert-alkyl or cyclic N) is 1. The van der Waals surface area contributed by atoms with Crippen molar-refractivity contribution in [1.82, 2.24) is 14.6 Å². The summed E-state index contributed by atoms with van der Waals surface area (Å²) in [6.07, 6.45) is 2.18. The van der Waals surface area contributed by atoms with Crippen LogP contribution in [0.2, 0.25) is 0 Å². The average Bonchev–Trinajstić information content (AvgIpc) is 3.09. The summed E-state index contributed by atoms with van der Waals surface area (Å²) in [5.74, 6) is 0.182. The van der Waals surface area contributed by atoms with Gasteiger partial charge in [0, 0.05) is 43.0 Å². The minimum atomic E-state index is -3.96. The van der Waals surface area contributed by atoms with Gasteiger partial charge in [-0.3, -0.25) is 4.98 Å². The van der Waals surface area contributed by atoms with Crippen molar-refractivity contribution in [1.29, 1.82) is 0 Å². The van der Waals surface area contributed by atoms with Crippen LogP contribution in [-0.4, -0.2) is 84.7 Å². The van der Waals surface area contributed by atoms with Gasteiger partial charge >= 0.3 is 0 Å². The molecule has 1 fully saturated rings. The van der Waals surface area contributed by atoms with E-state index in [9.17, 15) is 23.7 Å². The van der Waals surface area contributed by atoms with E-state index in [4.69, 9.17) is 4.74 Å². The molecule has 1 unspecified atom stereocenters. The van der Waals surface area contributed by atoms with E-state index < -0.39 is 33.8 Å². The number of aliphatic hydroxyl groups excluding tert-OH is 3. The highest BCUT2D eigenvalue weighted by Crippen LogP contribution is 2.41. The molecule has 2 heterocycles. The van der Waals surface area contributed by atoms with E-state index >= 15 is 0 Å². The SMILES string of the molecule is CCCN1C[C@@H](O)CNS(=O)(=O)c2ccc(-c3cccnc3)cc2OCC2(C[C@@H](O)[C@@H](O)C2)C1. The molecule has 4 atom stereocenters. The number of pyridine rings is 1. The van der Waals surface area contributed by atoms with E-state index in [1.54, 1.807) is 30.6 Å². The molecule has 10 heteroatoms. The van der Waals surface area contributed by atoms with Crippen molar-refractivity contribution in [2.75, 3.05) is 32.8 Å². The number of aromatic nitrogens is 1. The molecule has 4 N–H and O–H groups in total. The van der Waals surface area contributed by atoms with Crippen molar-refractivity contribution in [3.63, 3.8) is 0 Å². The number of aliphatic hydroxyl groups is 3. The van der Waals surface area contributed by atoms with Gasteiger partial charge in [-0.05, 0) is 49.6 Å². The third-order valence-electron chi connectivity index (χ3n) is 6.57. The highest BCUT2D eigenvalue weighted by Gasteiger charge is 2.46. The lowest BCUT2D eigenvalue weighted by Crippen LogP contribution is -2.47. The molecule has 1 aliphatic heterocycles. The summed E-state index contributed by atoms with van der Waals surface area (Å²) in [4.78, 5) is 6.17. The normalized spacial score (nSPS) is 30.2. The second kappa shape index (κ2) is 10.3. The first kappa shape index (κ1) is 25.0. The molecule has 0 bridgehead atoms. The Bertz CT molecular complexity index is 1070. The first-order chi connectivity index (χ1) is 16.2. The first-order valence-corrected chi connectivity index (χ1v) is 13.1. The van der Waals surface area contributed by atoms with Crippen LogP contribution in [0.1, 0.15) is 26.2 Å². The van der Waals surface area contributed by atoms with Crippen LogP contribution in [0.4, 0.5) is 0 Å². The van der Waals surface area contributed by atoms with Gasteiger partial charge in [0.25, 0.3) is 0 Å². The minimum absolute atomic E-state index is 0.0208. The molecule has 0 amide bonds. The molecular formula is C24H33N3O6S. The summed E-state index contributed by atoms with van der Waals surface area (Å²) in [6, 6.07) is 8.54. The number of benzene rings is 1. The summed E-state index contributed by atoms with van der Waals surface area (Å²) >= 11 is 0. The molecule has 186 valence electrons. The molecule has 0 saturated heterocycles. The molecule has 1 saturated carbocycles. The number of fused-ring (bicyclic) bond motifs is 1. The number of sulfonamides is 1. The zero-order valence-corrected chi connectivity index (χ0v) is 20.1. The van der Waals surface area contributed by atoms with Gasteiger partial charge in [-0.15, -0.1) is 0 Å². The molecule has 9 nitrogen and oxygen atoms in total. The van der Waals surface area contributed by atoms with E-state index in [1.165, 1.54) is 6.07 Å². The molecule has 0 radical (unpaired) electrons. The van der Waals surface area contributed by atoms with Crippen LogP contribution in [0.25, 0.3) is 11.1 Å². The van der Waals surface area contributed by atoms with Gasteiger partial charge in [0.05, 0.1) is 24.9 Å². The Hall–Kier alpha value is -2.08. The molecule has 1 aromatic heterocycles. The summed E-state index contributed by atoms with van der Waals surface area (Å²) < 4.78 is 34.9. The van der Waals surface area contributed by atoms with Crippen molar-refractivity contribution < 1.29 is 28.5 Å². The monoisotopic (exact) mass is 491 g/mol. The topological polar surface area (TPSA) is 132 Å². The van der Waals surface area contributed by atoms with Gasteiger partial charge in [0.1, 0.15) is 10.6 Å². The van der Waals surface area contributed by atoms with Gasteiger partial charge in [-0.2, -0.15) is 0 Å². The molecule has 1 spiro atoms. The van der Waals surface area contributed by atoms with Crippen LogP contribution in [0.3, 0.4) is 0 Å². The van der Waals surface area contributed by atoms with E-state index in [0.717, 1.165) is 17.5 Å². The molecule has 1 aliphatic carbocycles. The van der Waals surface area contributed by atoms with Crippen LogP contribution >= 0.6 is 0 Å². The van der Waals surface area contributed by atoms with E-state index in [2.05, 4.69) is 14.6 Å². The Morgan fingerprint density at radius 3 is 2.62 bits per heavy atom. The summed E-state index contributed by atoms with van der Waals surface area (Å²) in [6.45, 7) is 3.50. The second-order valence-electron chi connectivity index (χ2n) is 9.48. The average molecular weight is 492 g/mol. The molecular weight excluding hydrogens is 458 g/mol. The number of nitrogens with one attached hydrogen (secondary N) is 1. The zero-order valence-electron chi connectivity index (χ0n) is 19.3. The standard InChI is InChI=1S/C24H33N3O6S/c1-2-8-27-14-19(28)13-26-34(31,32)23-6-5-17(18-4-3-7-25-12-18)9-22(23)33-16-24(15-27)10-20(29)21(30)11-24/h3-7,9,12,19-21,26,28-30H,2,8,10-11,13-16H2,1H3/t19-,20-,21+,24?/m0/s1. The number of hydrogen-bond donors (Lipinski definition) is 4. The van der Waals surface area contributed by atoms with Crippen LogP contribution in [0, 0.1) is 5.41 Å². The van der Waals surface area contributed by atoms with Crippen molar-refractivity contribution in [2.24, 2.45) is 5.41 Å². The summed E-state index contributed by atoms with van der Waals surface area (Å²) in [5, 5.41) is 31.3. The third-order valence-corrected chi connectivity index (χ3v) is 8.03. The Balaban J connectivity index is 1.75. The van der Waals surface area contributed by atoms with Crippen LogP contribution in [-0.2, 0) is 10.0 Å². The number of rotatable bonds is 3. The number of hydrogen-bond acceptors (Lipinski definition) is 8. The number of nitrogens with zero attached hydrogens (tertiary/aromatic N) is 2. The molecule has 2 aliphatic rings. The van der Waals surface area contributed by atoms with Gasteiger partial charge in [0.2, 0.25) is 10.0 Å². The predicted octanol–water partition coefficient (Wildman–Crippen LogP) is 0.994. The van der Waals surface area contributed by atoms with Crippen LogP contribution in [0.15, 0.2) is 47.6 Å². The highest BCUT2D eigenvalue weighted by atomic mass is 32.2. The first-order valence-electron chi connectivity index (χ1n) is 11.6. The fourth-order valence-electron chi connectivity index (χ4n) is 4.99. The Labute approximate surface area is 200 Å². The second-order valence-corrected chi connectivity index (χ2v) is 11.2. The predicted molar refractivity (Wildman–Crippen MR) is 127 cm³/mol. The lowest BCUT2D eigenvalue weighted by Gasteiger charge is -2.36. The van der Waals surface area contributed by atoms with E-state index in [-0.39, 0.29) is 30.3 Å². The summed E-state index contributed by atoms with van der Waals surface area (Å²) in [7, 11) is -3.96. The zero-order chi connectivity index (χ0) is 24.3. The molecule has 4 rings (SSSR count). The van der Waals surface area contributed by atoms with Gasteiger partial charge in [-0.25, -0.2) is 13.1 Å². The van der Waals surface area contributed by atoms with Crippen molar-refractivity contribution in [3.8, 4) is 16.9 Å². The lowest BCUT2D eigenvalue weighted by molar-refractivity contribution is 0.0438. The van der Waals surface area contributed by atoms with Gasteiger partial charge < -0.3 is 25.0 Å². The maximum absolute atomic E-state index is 13.1. The largest absolute Gasteiger partial charge is 0.492 e. The van der Waals surface area contributed by atoms with E-state index in [1.807, 2.05) is 13.0 Å². The van der Waals surface area contributed by atoms with Crippen molar-refractivity contribution in [2.45, 2.75) is 49.4 Å². The maximum Gasteiger partial charge on any atom is 0.244 e. The molecule has 34 heavy (non-hydrogen) atoms.